The van der Waals surface area contributed by atoms with Gasteiger partial charge in [0.1, 0.15) is 11.7 Å². The number of methoxy groups -OCH3 is 1. The van der Waals surface area contributed by atoms with Gasteiger partial charge in [-0.15, -0.1) is 0 Å². The van der Waals surface area contributed by atoms with E-state index in [4.69, 9.17) is 13.6 Å². The molecule has 1 aromatic carbocycles. The van der Waals surface area contributed by atoms with E-state index in [1.165, 1.54) is 0 Å². The maximum atomic E-state index is 12.8. The van der Waals surface area contributed by atoms with Gasteiger partial charge >= 0.3 is 5.63 Å². The van der Waals surface area contributed by atoms with Crippen molar-refractivity contribution in [2.75, 3.05) is 7.11 Å². The van der Waals surface area contributed by atoms with Crippen molar-refractivity contribution in [1.29, 1.82) is 5.26 Å². The Morgan fingerprint density at radius 3 is 2.40 bits per heavy atom. The summed E-state index contributed by atoms with van der Waals surface area (Å²) in [5.74, 6) is 0.813. The fraction of sp³-hybridized carbons (Fsp3) is 0.474. The zero-order valence-corrected chi connectivity index (χ0v) is 16.8. The van der Waals surface area contributed by atoms with Gasteiger partial charge in [0.2, 0.25) is 0 Å². The molecule has 0 aliphatic rings. The van der Waals surface area contributed by atoms with Crippen LogP contribution in [0.4, 0.5) is 0 Å². The number of hydrogen-bond acceptors (Lipinski definition) is 5. The number of ether oxygens (including phenoxy) is 1. The van der Waals surface area contributed by atoms with Crippen molar-refractivity contribution in [1.82, 2.24) is 0 Å². The lowest BCUT2D eigenvalue weighted by molar-refractivity contribution is 0.410. The van der Waals surface area contributed by atoms with E-state index in [2.05, 4.69) is 6.07 Å². The molecule has 0 N–H and O–H groups in total. The normalized spacial score (nSPS) is 12.9. The van der Waals surface area contributed by atoms with Crippen LogP contribution in [-0.4, -0.2) is 16.2 Å². The lowest BCUT2D eigenvalue weighted by atomic mass is 9.83. The molecule has 0 aliphatic carbocycles. The molecule has 2 aromatic rings. The fourth-order valence-electron chi connectivity index (χ4n) is 2.71. The molecule has 2 rings (SSSR count). The monoisotopic (exact) mass is 358 g/mol. The lowest BCUT2D eigenvalue weighted by Crippen LogP contribution is -2.19. The van der Waals surface area contributed by atoms with Crippen LogP contribution in [0.15, 0.2) is 21.3 Å². The molecule has 1 radical (unpaired) electrons. The first kappa shape index (κ1) is 19.1. The average molecular weight is 358 g/mol. The highest BCUT2D eigenvalue weighted by Gasteiger charge is 2.27. The molecule has 0 saturated carbocycles. The summed E-state index contributed by atoms with van der Waals surface area (Å²) in [7, 11) is 0.458. The fourth-order valence-corrected chi connectivity index (χ4v) is 3.33. The third kappa shape index (κ3) is 3.72. The Kier molecular flexibility index (Phi) is 5.28. The molecule has 0 amide bonds. The highest BCUT2D eigenvalue weighted by atomic mass is 28.3. The smallest absolute Gasteiger partial charge is 0.344 e. The summed E-state index contributed by atoms with van der Waals surface area (Å²) in [6.07, 6.45) is 0. The molecule has 5 nitrogen and oxygen atoms in total. The standard InChI is InChI=1S/C19H24NO4Si/c1-11(10-20)16-17(24-25(6)7)13-8-12(22-5)9-14(19(2,3)4)15(13)18(21)23-16/h8-9,11H,1-7H3. The summed E-state index contributed by atoms with van der Waals surface area (Å²) in [4.78, 5) is 12.8. The first-order valence-electron chi connectivity index (χ1n) is 8.17. The maximum Gasteiger partial charge on any atom is 0.344 e. The highest BCUT2D eigenvalue weighted by molar-refractivity contribution is 6.49. The first-order chi connectivity index (χ1) is 11.6. The van der Waals surface area contributed by atoms with E-state index in [9.17, 15) is 10.1 Å². The molecule has 1 atom stereocenters. The quantitative estimate of drug-likeness (QED) is 0.760. The van der Waals surface area contributed by atoms with Gasteiger partial charge in [-0.2, -0.15) is 5.26 Å². The molecule has 0 saturated heterocycles. The number of nitrogens with zero attached hydrogens (tertiary/aromatic N) is 1. The van der Waals surface area contributed by atoms with Crippen LogP contribution in [0.25, 0.3) is 10.8 Å². The Bertz CT molecular complexity index is 887. The summed E-state index contributed by atoms with van der Waals surface area (Å²) in [6, 6.07) is 5.78. The minimum Gasteiger partial charge on any atom is -0.540 e. The topological polar surface area (TPSA) is 72.5 Å². The van der Waals surface area contributed by atoms with Crippen LogP contribution >= 0.6 is 0 Å². The molecule has 0 fully saturated rings. The molecule has 1 aromatic heterocycles. The van der Waals surface area contributed by atoms with Crippen molar-refractivity contribution in [2.24, 2.45) is 0 Å². The zero-order chi connectivity index (χ0) is 18.9. The van der Waals surface area contributed by atoms with Crippen LogP contribution in [0.3, 0.4) is 0 Å². The predicted molar refractivity (Wildman–Crippen MR) is 99.9 cm³/mol. The zero-order valence-electron chi connectivity index (χ0n) is 15.8. The summed E-state index contributed by atoms with van der Waals surface area (Å²) in [5, 5.41) is 10.4. The van der Waals surface area contributed by atoms with Gasteiger partial charge in [0.05, 0.1) is 18.6 Å². The number of rotatable bonds is 4. The van der Waals surface area contributed by atoms with Crippen molar-refractivity contribution in [3.8, 4) is 17.6 Å². The SMILES string of the molecule is COc1cc(C(C)(C)C)c2c(=O)oc(C(C)C#N)c(O[Si](C)C)c2c1. The van der Waals surface area contributed by atoms with Crippen LogP contribution in [-0.2, 0) is 5.41 Å². The molecule has 133 valence electrons. The van der Waals surface area contributed by atoms with E-state index >= 15 is 0 Å². The van der Waals surface area contributed by atoms with Gasteiger partial charge in [0.15, 0.2) is 11.5 Å². The maximum absolute atomic E-state index is 12.8. The Labute approximate surface area is 149 Å². The second-order valence-corrected chi connectivity index (χ2v) is 9.31. The summed E-state index contributed by atoms with van der Waals surface area (Å²) in [5.41, 5.74) is 0.0958. The summed E-state index contributed by atoms with van der Waals surface area (Å²) in [6.45, 7) is 11.8. The van der Waals surface area contributed by atoms with Gasteiger partial charge in [-0.25, -0.2) is 4.79 Å². The third-order valence-electron chi connectivity index (χ3n) is 3.92. The first-order valence-corrected chi connectivity index (χ1v) is 10.6. The Hall–Kier alpha value is -2.26. The van der Waals surface area contributed by atoms with Crippen LogP contribution in [0.5, 0.6) is 11.5 Å². The minimum absolute atomic E-state index is 0.277. The highest BCUT2D eigenvalue weighted by Crippen LogP contribution is 2.39. The molecular formula is C19H24NO4Si. The molecule has 6 heteroatoms. The number of nitriles is 1. The summed E-state index contributed by atoms with van der Waals surface area (Å²) < 4.78 is 17.1. The molecule has 0 spiro atoms. The number of hydrogen-bond donors (Lipinski definition) is 0. The van der Waals surface area contributed by atoms with Gasteiger partial charge < -0.3 is 13.6 Å². The van der Waals surface area contributed by atoms with E-state index in [-0.39, 0.29) is 11.2 Å². The van der Waals surface area contributed by atoms with Crippen LogP contribution in [0.1, 0.15) is 44.9 Å². The number of benzene rings is 1. The Morgan fingerprint density at radius 2 is 1.92 bits per heavy atom. The second-order valence-electron chi connectivity index (χ2n) is 7.29. The average Bonchev–Trinajstić information content (AvgIpc) is 2.54. The predicted octanol–water partition coefficient (Wildman–Crippen LogP) is 4.36. The Balaban J connectivity index is 3.03. The van der Waals surface area contributed by atoms with Crippen LogP contribution in [0.2, 0.25) is 13.1 Å². The van der Waals surface area contributed by atoms with Gasteiger partial charge in [-0.05, 0) is 43.1 Å². The van der Waals surface area contributed by atoms with E-state index in [1.807, 2.05) is 39.9 Å². The third-order valence-corrected chi connectivity index (χ3v) is 4.54. The molecule has 0 aliphatic heterocycles. The van der Waals surface area contributed by atoms with Crippen LogP contribution in [0, 0.1) is 11.3 Å². The van der Waals surface area contributed by atoms with Crippen LogP contribution < -0.4 is 14.8 Å². The van der Waals surface area contributed by atoms with Crippen molar-refractivity contribution >= 4 is 19.8 Å². The van der Waals surface area contributed by atoms with Crippen molar-refractivity contribution < 1.29 is 13.6 Å². The van der Waals surface area contributed by atoms with E-state index < -0.39 is 20.6 Å². The molecule has 1 heterocycles. The Morgan fingerprint density at radius 1 is 1.28 bits per heavy atom. The van der Waals surface area contributed by atoms with E-state index in [1.54, 1.807) is 20.1 Å². The molecule has 0 bridgehead atoms. The molecular weight excluding hydrogens is 334 g/mol. The lowest BCUT2D eigenvalue weighted by Gasteiger charge is -2.23. The van der Waals surface area contributed by atoms with Gasteiger partial charge in [-0.1, -0.05) is 20.8 Å². The van der Waals surface area contributed by atoms with Crippen molar-refractivity contribution in [3.05, 3.63) is 33.9 Å². The van der Waals surface area contributed by atoms with Crippen molar-refractivity contribution in [3.63, 3.8) is 0 Å². The number of fused-ring (bicyclic) bond motifs is 1. The molecule has 1 unspecified atom stereocenters. The van der Waals surface area contributed by atoms with Gasteiger partial charge in [-0.3, -0.25) is 0 Å². The van der Waals surface area contributed by atoms with E-state index in [0.717, 1.165) is 5.56 Å². The molecule has 25 heavy (non-hydrogen) atoms. The minimum atomic E-state index is -1.13. The van der Waals surface area contributed by atoms with E-state index in [0.29, 0.717) is 22.3 Å². The van der Waals surface area contributed by atoms with Crippen molar-refractivity contribution in [2.45, 2.75) is 52.1 Å². The summed E-state index contributed by atoms with van der Waals surface area (Å²) >= 11 is 0. The van der Waals surface area contributed by atoms with Gasteiger partial charge in [0.25, 0.3) is 9.04 Å². The van der Waals surface area contributed by atoms with Gasteiger partial charge in [0, 0.05) is 5.39 Å². The largest absolute Gasteiger partial charge is 0.540 e. The second kappa shape index (κ2) is 6.93.